The van der Waals surface area contributed by atoms with Crippen molar-refractivity contribution < 1.29 is 18.0 Å². The van der Waals surface area contributed by atoms with E-state index in [0.29, 0.717) is 23.7 Å². The minimum atomic E-state index is -3.66. The Balaban J connectivity index is 1.78. The molecule has 9 heteroatoms. The lowest BCUT2D eigenvalue weighted by Gasteiger charge is -2.22. The molecule has 194 valence electrons. The lowest BCUT2D eigenvalue weighted by Crippen LogP contribution is -2.36. The lowest BCUT2D eigenvalue weighted by molar-refractivity contribution is -0.124. The van der Waals surface area contributed by atoms with Gasteiger partial charge in [0.25, 0.3) is 0 Å². The first-order valence-corrected chi connectivity index (χ1v) is 13.9. The van der Waals surface area contributed by atoms with E-state index in [1.807, 2.05) is 6.07 Å². The van der Waals surface area contributed by atoms with E-state index in [-0.39, 0.29) is 21.8 Å². The minimum Gasteiger partial charge on any atom is -0.292 e. The van der Waals surface area contributed by atoms with E-state index >= 15 is 0 Å². The Morgan fingerprint density at radius 1 is 1.03 bits per heavy atom. The summed E-state index contributed by atoms with van der Waals surface area (Å²) < 4.78 is 28.2. The molecule has 3 rings (SSSR count). The van der Waals surface area contributed by atoms with Gasteiger partial charge in [-0.2, -0.15) is 10.4 Å². The SMILES string of the molecule is CCCCC(CC)CNS(=O)(=O)c1ccc(NN=C2C(=O)C(c3ccccc3)C(=O)C(C#N)=C2C)cc1. The number of Topliss-reactive ketones (excluding diaryl/α,β-unsaturated/α-hetero) is 2. The molecule has 0 spiro atoms. The second-order valence-corrected chi connectivity index (χ2v) is 10.8. The van der Waals surface area contributed by atoms with Crippen LogP contribution in [0.4, 0.5) is 5.69 Å². The van der Waals surface area contributed by atoms with Crippen LogP contribution >= 0.6 is 0 Å². The Morgan fingerprint density at radius 2 is 1.70 bits per heavy atom. The number of sulfonamides is 1. The number of unbranched alkanes of at least 4 members (excludes halogenated alkanes) is 1. The molecule has 0 fully saturated rings. The van der Waals surface area contributed by atoms with Crippen LogP contribution in [0.5, 0.6) is 0 Å². The largest absolute Gasteiger partial charge is 0.292 e. The molecule has 0 aliphatic heterocycles. The van der Waals surface area contributed by atoms with E-state index in [1.165, 1.54) is 19.1 Å². The molecule has 0 bridgehead atoms. The van der Waals surface area contributed by atoms with Gasteiger partial charge in [-0.05, 0) is 49.1 Å². The molecular formula is C28H32N4O4S. The summed E-state index contributed by atoms with van der Waals surface area (Å²) in [7, 11) is -3.66. The third-order valence-corrected chi connectivity index (χ3v) is 7.99. The van der Waals surface area contributed by atoms with Crippen molar-refractivity contribution in [2.75, 3.05) is 12.0 Å². The number of rotatable bonds is 11. The first kappa shape index (κ1) is 28.0. The van der Waals surface area contributed by atoms with Crippen LogP contribution in [0.25, 0.3) is 0 Å². The molecule has 0 amide bonds. The van der Waals surface area contributed by atoms with E-state index in [0.717, 1.165) is 25.7 Å². The Labute approximate surface area is 218 Å². The van der Waals surface area contributed by atoms with Crippen LogP contribution in [-0.4, -0.2) is 32.2 Å². The molecule has 1 aliphatic rings. The Hall–Kier alpha value is -3.61. The highest BCUT2D eigenvalue weighted by atomic mass is 32.2. The van der Waals surface area contributed by atoms with Crippen molar-refractivity contribution in [3.05, 3.63) is 71.3 Å². The molecule has 8 nitrogen and oxygen atoms in total. The predicted octanol–water partition coefficient (Wildman–Crippen LogP) is 4.72. The van der Waals surface area contributed by atoms with Crippen LogP contribution in [0.2, 0.25) is 0 Å². The molecule has 0 saturated carbocycles. The summed E-state index contributed by atoms with van der Waals surface area (Å²) in [6.07, 6.45) is 4.03. The van der Waals surface area contributed by atoms with Gasteiger partial charge >= 0.3 is 0 Å². The second kappa shape index (κ2) is 12.6. The summed E-state index contributed by atoms with van der Waals surface area (Å²) in [5.74, 6) is -1.89. The van der Waals surface area contributed by atoms with Crippen molar-refractivity contribution in [2.45, 2.75) is 57.3 Å². The average Bonchev–Trinajstić information content (AvgIpc) is 2.90. The zero-order valence-corrected chi connectivity index (χ0v) is 22.1. The zero-order chi connectivity index (χ0) is 27.0. The number of benzene rings is 2. The fourth-order valence-electron chi connectivity index (χ4n) is 4.20. The third-order valence-electron chi connectivity index (χ3n) is 6.55. The smallest absolute Gasteiger partial charge is 0.240 e. The van der Waals surface area contributed by atoms with Crippen molar-refractivity contribution in [2.24, 2.45) is 11.0 Å². The third kappa shape index (κ3) is 6.59. The van der Waals surface area contributed by atoms with Gasteiger partial charge in [-0.15, -0.1) is 0 Å². The molecule has 37 heavy (non-hydrogen) atoms. The normalized spacial score (nSPS) is 18.1. The van der Waals surface area contributed by atoms with E-state index < -0.39 is 27.5 Å². The standard InChI is InChI=1S/C28H32N4O4S/c1-4-6-10-20(5-2)18-30-37(35,36)23-15-13-22(14-16-23)31-32-26-19(3)24(17-29)27(33)25(28(26)34)21-11-8-7-9-12-21/h7-9,11-16,20,25,30-31H,4-6,10,18H2,1-3H3. The highest BCUT2D eigenvalue weighted by Gasteiger charge is 2.40. The first-order chi connectivity index (χ1) is 17.7. The maximum atomic E-state index is 13.2. The number of allylic oxidation sites excluding steroid dienone is 2. The van der Waals surface area contributed by atoms with Crippen LogP contribution in [-0.2, 0) is 19.6 Å². The van der Waals surface area contributed by atoms with Crippen molar-refractivity contribution in [3.63, 3.8) is 0 Å². The van der Waals surface area contributed by atoms with Crippen LogP contribution in [0.1, 0.15) is 57.9 Å². The Morgan fingerprint density at radius 3 is 2.30 bits per heavy atom. The van der Waals surface area contributed by atoms with Gasteiger partial charge in [0.05, 0.1) is 10.6 Å². The molecule has 2 unspecified atom stereocenters. The molecule has 0 heterocycles. The topological polar surface area (TPSA) is 128 Å². The lowest BCUT2D eigenvalue weighted by atomic mass is 9.78. The number of nitrogens with zero attached hydrogens (tertiary/aromatic N) is 2. The van der Waals surface area contributed by atoms with Gasteiger partial charge in [-0.3, -0.25) is 15.0 Å². The van der Waals surface area contributed by atoms with E-state index in [2.05, 4.69) is 29.1 Å². The molecule has 1 aliphatic carbocycles. The molecular weight excluding hydrogens is 488 g/mol. The highest BCUT2D eigenvalue weighted by Crippen LogP contribution is 2.30. The van der Waals surface area contributed by atoms with Crippen LogP contribution < -0.4 is 10.1 Å². The van der Waals surface area contributed by atoms with Crippen molar-refractivity contribution >= 4 is 33.0 Å². The summed E-state index contributed by atoms with van der Waals surface area (Å²) in [5, 5.41) is 13.8. The number of ketones is 2. The molecule has 2 N–H and O–H groups in total. The number of nitrogens with one attached hydrogen (secondary N) is 2. The molecule has 2 atom stereocenters. The fourth-order valence-corrected chi connectivity index (χ4v) is 5.31. The molecule has 0 radical (unpaired) electrons. The van der Waals surface area contributed by atoms with Crippen molar-refractivity contribution in [3.8, 4) is 6.07 Å². The van der Waals surface area contributed by atoms with Gasteiger partial charge in [-0.1, -0.05) is 63.4 Å². The van der Waals surface area contributed by atoms with Gasteiger partial charge in [0.15, 0.2) is 11.6 Å². The number of carbonyl (C=O) groups is 2. The van der Waals surface area contributed by atoms with Gasteiger partial charge in [0, 0.05) is 12.1 Å². The van der Waals surface area contributed by atoms with E-state index in [1.54, 1.807) is 42.5 Å². The van der Waals surface area contributed by atoms with Crippen LogP contribution in [0.15, 0.2) is 75.7 Å². The van der Waals surface area contributed by atoms with Gasteiger partial charge in [0.2, 0.25) is 10.0 Å². The highest BCUT2D eigenvalue weighted by molar-refractivity contribution is 7.89. The number of carbonyl (C=O) groups excluding carboxylic acids is 2. The number of hydrogen-bond donors (Lipinski definition) is 2. The van der Waals surface area contributed by atoms with Crippen molar-refractivity contribution in [1.82, 2.24) is 4.72 Å². The number of hydrazone groups is 1. The number of anilines is 1. The number of hydrogen-bond acceptors (Lipinski definition) is 7. The van der Waals surface area contributed by atoms with Gasteiger partial charge in [0.1, 0.15) is 23.3 Å². The first-order valence-electron chi connectivity index (χ1n) is 12.4. The maximum absolute atomic E-state index is 13.2. The van der Waals surface area contributed by atoms with Gasteiger partial charge in [-0.25, -0.2) is 13.1 Å². The Bertz CT molecular complexity index is 1340. The maximum Gasteiger partial charge on any atom is 0.240 e. The average molecular weight is 521 g/mol. The molecule has 0 aromatic heterocycles. The predicted molar refractivity (Wildman–Crippen MR) is 144 cm³/mol. The summed E-state index contributed by atoms with van der Waals surface area (Å²) in [5.41, 5.74) is 3.79. The van der Waals surface area contributed by atoms with Crippen LogP contribution in [0, 0.1) is 17.2 Å². The Kier molecular flexibility index (Phi) is 9.50. The zero-order valence-electron chi connectivity index (χ0n) is 21.3. The summed E-state index contributed by atoms with van der Waals surface area (Å²) in [4.78, 5) is 26.2. The summed E-state index contributed by atoms with van der Waals surface area (Å²) in [6, 6.07) is 16.5. The van der Waals surface area contributed by atoms with Crippen LogP contribution in [0.3, 0.4) is 0 Å². The summed E-state index contributed by atoms with van der Waals surface area (Å²) >= 11 is 0. The quantitative estimate of drug-likeness (QED) is 0.326. The fraction of sp³-hybridized carbons (Fsp3) is 0.357. The molecule has 2 aromatic rings. The molecule has 2 aromatic carbocycles. The monoisotopic (exact) mass is 520 g/mol. The summed E-state index contributed by atoms with van der Waals surface area (Å²) in [6.45, 7) is 6.08. The number of nitriles is 1. The van der Waals surface area contributed by atoms with E-state index in [9.17, 15) is 23.3 Å². The minimum absolute atomic E-state index is 0.0129. The molecule has 0 saturated heterocycles. The van der Waals surface area contributed by atoms with Gasteiger partial charge < -0.3 is 0 Å². The second-order valence-electron chi connectivity index (χ2n) is 9.05. The van der Waals surface area contributed by atoms with E-state index in [4.69, 9.17) is 0 Å². The van der Waals surface area contributed by atoms with Crippen molar-refractivity contribution in [1.29, 1.82) is 5.26 Å².